The molecule has 1 N–H and O–H groups in total. The number of ether oxygens (including phenoxy) is 1. The molecular formula is C14H26N2O4. The fourth-order valence-electron chi connectivity index (χ4n) is 2.31. The standard InChI is InChI=1S/C14H26N2O4/c1-10-6-7-15(13(18)20-14(3,4)5)12(8-10)9-16(19)11(2)17/h10,12,19H,6-9H2,1-5H3/t10-,12-/m1/s1. The summed E-state index contributed by atoms with van der Waals surface area (Å²) < 4.78 is 5.39. The molecule has 1 aliphatic rings. The van der Waals surface area contributed by atoms with Gasteiger partial charge >= 0.3 is 6.09 Å². The Bertz CT molecular complexity index is 365. The Morgan fingerprint density at radius 1 is 1.40 bits per heavy atom. The highest BCUT2D eigenvalue weighted by Gasteiger charge is 2.34. The molecule has 1 fully saturated rings. The summed E-state index contributed by atoms with van der Waals surface area (Å²) in [6.07, 6.45) is 1.27. The Morgan fingerprint density at radius 3 is 2.50 bits per heavy atom. The van der Waals surface area contributed by atoms with Crippen molar-refractivity contribution in [3.8, 4) is 0 Å². The molecule has 6 nitrogen and oxygen atoms in total. The molecule has 1 aliphatic heterocycles. The minimum Gasteiger partial charge on any atom is -0.444 e. The van der Waals surface area contributed by atoms with E-state index >= 15 is 0 Å². The number of amides is 2. The molecule has 0 aromatic carbocycles. The van der Waals surface area contributed by atoms with Crippen molar-refractivity contribution in [3.63, 3.8) is 0 Å². The number of piperidine rings is 1. The Morgan fingerprint density at radius 2 is 2.00 bits per heavy atom. The molecular weight excluding hydrogens is 260 g/mol. The highest BCUT2D eigenvalue weighted by atomic mass is 16.6. The fourth-order valence-corrected chi connectivity index (χ4v) is 2.31. The van der Waals surface area contributed by atoms with E-state index in [0.29, 0.717) is 17.5 Å². The van der Waals surface area contributed by atoms with Crippen molar-refractivity contribution in [1.82, 2.24) is 9.96 Å². The molecule has 0 unspecified atom stereocenters. The lowest BCUT2D eigenvalue weighted by molar-refractivity contribution is -0.166. The van der Waals surface area contributed by atoms with Crippen LogP contribution in [0.5, 0.6) is 0 Å². The van der Waals surface area contributed by atoms with E-state index in [1.165, 1.54) is 6.92 Å². The molecule has 0 spiro atoms. The van der Waals surface area contributed by atoms with Crippen molar-refractivity contribution >= 4 is 12.0 Å². The Labute approximate surface area is 120 Å². The van der Waals surface area contributed by atoms with Crippen molar-refractivity contribution < 1.29 is 19.5 Å². The molecule has 0 saturated carbocycles. The molecule has 6 heteroatoms. The predicted octanol–water partition coefficient (Wildman–Crippen LogP) is 2.26. The average Bonchev–Trinajstić information content (AvgIpc) is 2.26. The summed E-state index contributed by atoms with van der Waals surface area (Å²) in [6, 6.07) is -0.206. The van der Waals surface area contributed by atoms with Crippen molar-refractivity contribution in [2.45, 2.75) is 59.1 Å². The second kappa shape index (κ2) is 6.43. The van der Waals surface area contributed by atoms with Crippen LogP contribution in [0.15, 0.2) is 0 Å². The molecule has 1 saturated heterocycles. The van der Waals surface area contributed by atoms with Gasteiger partial charge in [0.1, 0.15) is 5.60 Å². The maximum Gasteiger partial charge on any atom is 0.410 e. The van der Waals surface area contributed by atoms with Gasteiger partial charge < -0.3 is 9.64 Å². The van der Waals surface area contributed by atoms with Crippen LogP contribution in [0.2, 0.25) is 0 Å². The molecule has 0 aromatic rings. The van der Waals surface area contributed by atoms with Gasteiger partial charge in [-0.1, -0.05) is 6.92 Å². The first kappa shape index (κ1) is 16.8. The number of nitrogens with zero attached hydrogens (tertiary/aromatic N) is 2. The Kier molecular flexibility index (Phi) is 5.39. The van der Waals surface area contributed by atoms with Crippen molar-refractivity contribution in [3.05, 3.63) is 0 Å². The van der Waals surface area contributed by atoms with E-state index in [0.717, 1.165) is 12.8 Å². The lowest BCUT2D eigenvalue weighted by atomic mass is 9.92. The second-order valence-corrected chi connectivity index (χ2v) is 6.56. The number of rotatable bonds is 2. The van der Waals surface area contributed by atoms with Gasteiger partial charge in [-0.05, 0) is 39.5 Å². The maximum atomic E-state index is 12.2. The first-order valence-electron chi connectivity index (χ1n) is 7.06. The quantitative estimate of drug-likeness (QED) is 0.624. The van der Waals surface area contributed by atoms with Crippen molar-refractivity contribution in [2.75, 3.05) is 13.1 Å². The zero-order valence-electron chi connectivity index (χ0n) is 13.0. The summed E-state index contributed by atoms with van der Waals surface area (Å²) in [5.41, 5.74) is -0.551. The highest BCUT2D eigenvalue weighted by Crippen LogP contribution is 2.25. The lowest BCUT2D eigenvalue weighted by Crippen LogP contribution is -2.52. The van der Waals surface area contributed by atoms with Crippen LogP contribution < -0.4 is 0 Å². The van der Waals surface area contributed by atoms with E-state index in [2.05, 4.69) is 6.92 Å². The summed E-state index contributed by atoms with van der Waals surface area (Å²) in [6.45, 7) is 9.57. The van der Waals surface area contributed by atoms with Crippen molar-refractivity contribution in [1.29, 1.82) is 0 Å². The van der Waals surface area contributed by atoms with Gasteiger partial charge in [0, 0.05) is 13.5 Å². The molecule has 2 atom stereocenters. The monoisotopic (exact) mass is 286 g/mol. The SMILES string of the molecule is CC(=O)N(O)C[C@H]1C[C@H](C)CCN1C(=O)OC(C)(C)C. The van der Waals surface area contributed by atoms with Gasteiger partial charge in [0.15, 0.2) is 0 Å². The van der Waals surface area contributed by atoms with Crippen LogP contribution in [0.4, 0.5) is 4.79 Å². The normalized spacial score (nSPS) is 23.4. The molecule has 1 heterocycles. The van der Waals surface area contributed by atoms with Gasteiger partial charge in [0.2, 0.25) is 5.91 Å². The topological polar surface area (TPSA) is 70.1 Å². The summed E-state index contributed by atoms with van der Waals surface area (Å²) in [5, 5.41) is 10.3. The molecule has 0 aromatic heterocycles. The first-order chi connectivity index (χ1) is 9.10. The zero-order chi connectivity index (χ0) is 15.5. The predicted molar refractivity (Wildman–Crippen MR) is 74.3 cm³/mol. The molecule has 1 rings (SSSR count). The zero-order valence-corrected chi connectivity index (χ0v) is 13.0. The number of hydroxylamine groups is 2. The largest absolute Gasteiger partial charge is 0.444 e. The van der Waals surface area contributed by atoms with Gasteiger partial charge in [0.05, 0.1) is 12.6 Å². The number of hydrogen-bond acceptors (Lipinski definition) is 4. The number of carbonyl (C=O) groups is 2. The number of likely N-dealkylation sites (tertiary alicyclic amines) is 1. The Hall–Kier alpha value is -1.30. The van der Waals surface area contributed by atoms with E-state index in [1.54, 1.807) is 4.90 Å². The van der Waals surface area contributed by atoms with E-state index in [-0.39, 0.29) is 18.7 Å². The fraction of sp³-hybridized carbons (Fsp3) is 0.857. The summed E-state index contributed by atoms with van der Waals surface area (Å²) in [4.78, 5) is 25.0. The molecule has 0 aliphatic carbocycles. The second-order valence-electron chi connectivity index (χ2n) is 6.56. The summed E-state index contributed by atoms with van der Waals surface area (Å²) in [7, 11) is 0. The van der Waals surface area contributed by atoms with E-state index in [9.17, 15) is 14.8 Å². The van der Waals surface area contributed by atoms with Crippen LogP contribution in [0.1, 0.15) is 47.5 Å². The average molecular weight is 286 g/mol. The lowest BCUT2D eigenvalue weighted by Gasteiger charge is -2.40. The molecule has 116 valence electrons. The third-order valence-electron chi connectivity index (χ3n) is 3.35. The van der Waals surface area contributed by atoms with Crippen LogP contribution in [0, 0.1) is 5.92 Å². The van der Waals surface area contributed by atoms with Crippen molar-refractivity contribution in [2.24, 2.45) is 5.92 Å². The Balaban J connectivity index is 2.74. The van der Waals surface area contributed by atoms with Gasteiger partial charge in [0.25, 0.3) is 0 Å². The van der Waals surface area contributed by atoms with Gasteiger partial charge in [-0.2, -0.15) is 0 Å². The van der Waals surface area contributed by atoms with E-state index < -0.39 is 11.5 Å². The van der Waals surface area contributed by atoms with E-state index in [4.69, 9.17) is 4.74 Å². The van der Waals surface area contributed by atoms with Gasteiger partial charge in [-0.15, -0.1) is 0 Å². The minimum absolute atomic E-state index is 0.124. The van der Waals surface area contributed by atoms with Gasteiger partial charge in [-0.3, -0.25) is 10.0 Å². The van der Waals surface area contributed by atoms with E-state index in [1.807, 2.05) is 20.8 Å². The van der Waals surface area contributed by atoms with Crippen LogP contribution >= 0.6 is 0 Å². The summed E-state index contributed by atoms with van der Waals surface area (Å²) in [5.74, 6) is 0.0337. The maximum absolute atomic E-state index is 12.2. The molecule has 20 heavy (non-hydrogen) atoms. The molecule has 0 bridgehead atoms. The minimum atomic E-state index is -0.551. The molecule has 2 amide bonds. The van der Waals surface area contributed by atoms with Crippen LogP contribution in [0.25, 0.3) is 0 Å². The van der Waals surface area contributed by atoms with Crippen LogP contribution in [-0.4, -0.2) is 51.9 Å². The van der Waals surface area contributed by atoms with Crippen LogP contribution in [0.3, 0.4) is 0 Å². The summed E-state index contributed by atoms with van der Waals surface area (Å²) >= 11 is 0. The molecule has 0 radical (unpaired) electrons. The highest BCUT2D eigenvalue weighted by molar-refractivity contribution is 5.72. The van der Waals surface area contributed by atoms with Gasteiger partial charge in [-0.25, -0.2) is 9.86 Å². The number of hydrogen-bond donors (Lipinski definition) is 1. The first-order valence-corrected chi connectivity index (χ1v) is 7.06. The smallest absolute Gasteiger partial charge is 0.410 e. The third kappa shape index (κ3) is 5.00. The van der Waals surface area contributed by atoms with Crippen LogP contribution in [-0.2, 0) is 9.53 Å². The number of carbonyl (C=O) groups excluding carboxylic acids is 2. The third-order valence-corrected chi connectivity index (χ3v) is 3.35.